The Labute approximate surface area is 174 Å². The van der Waals surface area contributed by atoms with Crippen molar-refractivity contribution in [2.24, 2.45) is 0 Å². The summed E-state index contributed by atoms with van der Waals surface area (Å²) in [6, 6.07) is 11.6. The number of ether oxygens (including phenoxy) is 1. The quantitative estimate of drug-likeness (QED) is 0.616. The van der Waals surface area contributed by atoms with E-state index in [0.29, 0.717) is 11.3 Å². The van der Waals surface area contributed by atoms with Crippen LogP contribution in [0.3, 0.4) is 0 Å². The van der Waals surface area contributed by atoms with Crippen molar-refractivity contribution in [3.8, 4) is 0 Å². The molecule has 5 nitrogen and oxygen atoms in total. The maximum Gasteiger partial charge on any atom is 0.337 e. The summed E-state index contributed by atoms with van der Waals surface area (Å²) >= 11 is 3.46. The molecule has 0 saturated carbocycles. The first-order valence-corrected chi connectivity index (χ1v) is 9.94. The SMILES string of the molecule is CC1(C)CNc2cc(Br)ccc21.COC(=O)c1ccc2c(c1)NC(=O)C2(C)C. The molecule has 0 aliphatic carbocycles. The molecule has 0 bridgehead atoms. The largest absolute Gasteiger partial charge is 0.465 e. The van der Waals surface area contributed by atoms with Gasteiger partial charge in [-0.2, -0.15) is 0 Å². The molecule has 0 unspecified atom stereocenters. The number of hydrogen-bond acceptors (Lipinski definition) is 4. The predicted molar refractivity (Wildman–Crippen MR) is 115 cm³/mol. The Morgan fingerprint density at radius 3 is 2.39 bits per heavy atom. The van der Waals surface area contributed by atoms with E-state index in [-0.39, 0.29) is 11.3 Å². The van der Waals surface area contributed by atoms with Crippen LogP contribution in [0.25, 0.3) is 0 Å². The van der Waals surface area contributed by atoms with Crippen LogP contribution in [-0.4, -0.2) is 25.5 Å². The van der Waals surface area contributed by atoms with Gasteiger partial charge in [0, 0.05) is 27.8 Å². The van der Waals surface area contributed by atoms with Crippen LogP contribution in [0, 0.1) is 0 Å². The average Bonchev–Trinajstić information content (AvgIpc) is 3.07. The topological polar surface area (TPSA) is 67.4 Å². The van der Waals surface area contributed by atoms with Crippen molar-refractivity contribution in [3.63, 3.8) is 0 Å². The van der Waals surface area contributed by atoms with Gasteiger partial charge in [0.1, 0.15) is 0 Å². The number of rotatable bonds is 1. The van der Waals surface area contributed by atoms with Crippen molar-refractivity contribution in [3.05, 3.63) is 57.6 Å². The molecule has 1 amide bonds. The lowest BCUT2D eigenvalue weighted by atomic mass is 9.86. The van der Waals surface area contributed by atoms with Gasteiger partial charge in [-0.3, -0.25) is 4.79 Å². The van der Waals surface area contributed by atoms with Gasteiger partial charge in [0.25, 0.3) is 0 Å². The highest BCUT2D eigenvalue weighted by Gasteiger charge is 2.38. The van der Waals surface area contributed by atoms with Crippen LogP contribution in [0.15, 0.2) is 40.9 Å². The van der Waals surface area contributed by atoms with E-state index in [9.17, 15) is 9.59 Å². The first-order valence-electron chi connectivity index (χ1n) is 9.14. The Morgan fingerprint density at radius 1 is 1.04 bits per heavy atom. The molecule has 2 heterocycles. The van der Waals surface area contributed by atoms with E-state index in [0.717, 1.165) is 16.6 Å². The summed E-state index contributed by atoms with van der Waals surface area (Å²) in [5, 5.41) is 6.16. The molecular weight excluding hydrogens is 420 g/mol. The van der Waals surface area contributed by atoms with Crippen LogP contribution < -0.4 is 10.6 Å². The maximum atomic E-state index is 11.7. The lowest BCUT2D eigenvalue weighted by Gasteiger charge is -2.16. The van der Waals surface area contributed by atoms with Crippen molar-refractivity contribution in [1.29, 1.82) is 0 Å². The summed E-state index contributed by atoms with van der Waals surface area (Å²) in [4.78, 5) is 23.0. The molecule has 0 saturated heterocycles. The highest BCUT2D eigenvalue weighted by molar-refractivity contribution is 9.10. The van der Waals surface area contributed by atoms with Crippen LogP contribution >= 0.6 is 15.9 Å². The van der Waals surface area contributed by atoms with E-state index in [1.165, 1.54) is 18.4 Å². The number of anilines is 2. The zero-order valence-corrected chi connectivity index (χ0v) is 18.4. The van der Waals surface area contributed by atoms with Crippen molar-refractivity contribution < 1.29 is 14.3 Å². The molecule has 2 aromatic carbocycles. The summed E-state index contributed by atoms with van der Waals surface area (Å²) < 4.78 is 5.77. The number of esters is 1. The number of hydrogen-bond donors (Lipinski definition) is 2. The van der Waals surface area contributed by atoms with Gasteiger partial charge in [-0.25, -0.2) is 4.79 Å². The van der Waals surface area contributed by atoms with Crippen LogP contribution in [-0.2, 0) is 20.4 Å². The highest BCUT2D eigenvalue weighted by atomic mass is 79.9. The number of benzene rings is 2. The van der Waals surface area contributed by atoms with Gasteiger partial charge in [0.2, 0.25) is 5.91 Å². The molecule has 2 aliphatic heterocycles. The molecule has 6 heteroatoms. The molecule has 0 aromatic heterocycles. The zero-order valence-electron chi connectivity index (χ0n) is 16.8. The van der Waals surface area contributed by atoms with E-state index in [1.54, 1.807) is 18.2 Å². The number of nitrogens with one attached hydrogen (secondary N) is 2. The number of amides is 1. The van der Waals surface area contributed by atoms with E-state index >= 15 is 0 Å². The summed E-state index contributed by atoms with van der Waals surface area (Å²) in [6.45, 7) is 9.27. The normalized spacial score (nSPS) is 17.4. The minimum absolute atomic E-state index is 0.0514. The van der Waals surface area contributed by atoms with E-state index in [1.807, 2.05) is 13.8 Å². The average molecular weight is 445 g/mol. The lowest BCUT2D eigenvalue weighted by molar-refractivity contribution is -0.119. The lowest BCUT2D eigenvalue weighted by Crippen LogP contribution is -2.26. The second-order valence-corrected chi connectivity index (χ2v) is 9.17. The van der Waals surface area contributed by atoms with Crippen molar-refractivity contribution in [1.82, 2.24) is 0 Å². The molecule has 4 rings (SSSR count). The Kier molecular flexibility index (Phi) is 5.28. The van der Waals surface area contributed by atoms with Crippen molar-refractivity contribution in [2.75, 3.05) is 24.3 Å². The van der Waals surface area contributed by atoms with Gasteiger partial charge in [-0.15, -0.1) is 0 Å². The highest BCUT2D eigenvalue weighted by Crippen LogP contribution is 2.38. The summed E-state index contributed by atoms with van der Waals surface area (Å²) in [5.41, 5.74) is 4.49. The Hall–Kier alpha value is -2.34. The molecule has 0 fully saturated rings. The fourth-order valence-corrected chi connectivity index (χ4v) is 3.86. The fraction of sp³-hybridized carbons (Fsp3) is 0.364. The molecule has 0 atom stereocenters. The van der Waals surface area contributed by atoms with Gasteiger partial charge in [0.15, 0.2) is 0 Å². The smallest absolute Gasteiger partial charge is 0.337 e. The van der Waals surface area contributed by atoms with Crippen molar-refractivity contribution >= 4 is 39.2 Å². The molecule has 0 spiro atoms. The standard InChI is InChI=1S/C12H13NO3.C10H12BrN/c1-12(2)8-5-4-7(10(14)16-3)6-9(8)13-11(12)15;1-10(2)6-12-9-5-7(11)3-4-8(9)10/h4-6H,1-3H3,(H,13,15);3-5,12H,6H2,1-2H3. The molecule has 2 aromatic rings. The van der Waals surface area contributed by atoms with Gasteiger partial charge in [-0.05, 0) is 49.2 Å². The zero-order chi connectivity index (χ0) is 20.7. The monoisotopic (exact) mass is 444 g/mol. The Morgan fingerprint density at radius 2 is 1.71 bits per heavy atom. The first-order chi connectivity index (χ1) is 13.1. The maximum absolute atomic E-state index is 11.7. The third kappa shape index (κ3) is 3.65. The van der Waals surface area contributed by atoms with E-state index in [2.05, 4.69) is 63.3 Å². The van der Waals surface area contributed by atoms with Gasteiger partial charge < -0.3 is 15.4 Å². The van der Waals surface area contributed by atoms with Crippen molar-refractivity contribution in [2.45, 2.75) is 38.5 Å². The summed E-state index contributed by atoms with van der Waals surface area (Å²) in [7, 11) is 1.33. The van der Waals surface area contributed by atoms with Crippen LogP contribution in [0.2, 0.25) is 0 Å². The number of methoxy groups -OCH3 is 1. The molecule has 2 N–H and O–H groups in total. The van der Waals surface area contributed by atoms with Gasteiger partial charge >= 0.3 is 5.97 Å². The fourth-order valence-electron chi connectivity index (χ4n) is 3.50. The third-order valence-electron chi connectivity index (χ3n) is 5.36. The van der Waals surface area contributed by atoms with Crippen LogP contribution in [0.5, 0.6) is 0 Å². The number of halogens is 1. The summed E-state index contributed by atoms with van der Waals surface area (Å²) in [5.74, 6) is -0.453. The molecule has 28 heavy (non-hydrogen) atoms. The summed E-state index contributed by atoms with van der Waals surface area (Å²) in [6.07, 6.45) is 0. The van der Waals surface area contributed by atoms with Crippen LogP contribution in [0.1, 0.15) is 49.2 Å². The third-order valence-corrected chi connectivity index (χ3v) is 5.85. The Bertz CT molecular complexity index is 951. The number of fused-ring (bicyclic) bond motifs is 2. The Balaban J connectivity index is 0.000000167. The van der Waals surface area contributed by atoms with E-state index in [4.69, 9.17) is 0 Å². The first kappa shape index (κ1) is 20.4. The second-order valence-electron chi connectivity index (χ2n) is 8.26. The predicted octanol–water partition coefficient (Wildman–Crippen LogP) is 4.86. The molecule has 148 valence electrons. The number of carbonyl (C=O) groups excluding carboxylic acids is 2. The van der Waals surface area contributed by atoms with Gasteiger partial charge in [-0.1, -0.05) is 41.9 Å². The minimum atomic E-state index is -0.538. The second kappa shape index (κ2) is 7.24. The molecular formula is C22H25BrN2O3. The van der Waals surface area contributed by atoms with Gasteiger partial charge in [0.05, 0.1) is 18.1 Å². The number of carbonyl (C=O) groups is 2. The molecule has 2 aliphatic rings. The minimum Gasteiger partial charge on any atom is -0.465 e. The van der Waals surface area contributed by atoms with E-state index < -0.39 is 11.4 Å². The molecule has 0 radical (unpaired) electrons. The van der Waals surface area contributed by atoms with Crippen LogP contribution in [0.4, 0.5) is 11.4 Å².